The maximum Gasteiger partial charge on any atom is 0.231 e. The third-order valence-corrected chi connectivity index (χ3v) is 3.23. The van der Waals surface area contributed by atoms with Crippen molar-refractivity contribution in [2.24, 2.45) is 5.41 Å². The van der Waals surface area contributed by atoms with Crippen molar-refractivity contribution in [1.82, 2.24) is 5.32 Å². The third-order valence-electron chi connectivity index (χ3n) is 3.23. The van der Waals surface area contributed by atoms with Crippen molar-refractivity contribution in [2.45, 2.75) is 19.8 Å². The quantitative estimate of drug-likeness (QED) is 0.826. The highest BCUT2D eigenvalue weighted by molar-refractivity contribution is 5.95. The van der Waals surface area contributed by atoms with E-state index in [2.05, 4.69) is 10.6 Å². The Bertz CT molecular complexity index is 414. The Morgan fingerprint density at radius 1 is 1.53 bits per heavy atom. The zero-order chi connectivity index (χ0) is 12.3. The number of nitrogens with one attached hydrogen (secondary N) is 2. The molecule has 1 fully saturated rings. The minimum Gasteiger partial charge on any atom is -0.325 e. The third kappa shape index (κ3) is 2.82. The normalized spacial score (nSPS) is 24.4. The highest BCUT2D eigenvalue weighted by atomic mass is 19.1. The predicted octanol–water partition coefficient (Wildman–Crippen LogP) is 2.15. The molecule has 92 valence electrons. The van der Waals surface area contributed by atoms with Crippen LogP contribution in [0, 0.1) is 11.2 Å². The average Bonchev–Trinajstić information content (AvgIpc) is 2.30. The summed E-state index contributed by atoms with van der Waals surface area (Å²) >= 11 is 0. The van der Waals surface area contributed by atoms with Gasteiger partial charge in [-0.25, -0.2) is 4.39 Å². The SMILES string of the molecule is CC1(C(=O)Nc2cccc(F)c2)CCCNC1. The van der Waals surface area contributed by atoms with Crippen molar-refractivity contribution in [3.8, 4) is 0 Å². The summed E-state index contributed by atoms with van der Waals surface area (Å²) in [4.78, 5) is 12.1. The van der Waals surface area contributed by atoms with Gasteiger partial charge in [0.2, 0.25) is 5.91 Å². The lowest BCUT2D eigenvalue weighted by atomic mass is 9.82. The topological polar surface area (TPSA) is 41.1 Å². The molecule has 1 atom stereocenters. The molecule has 1 aliphatic heterocycles. The number of carbonyl (C=O) groups excluding carboxylic acids is 1. The van der Waals surface area contributed by atoms with E-state index in [0.29, 0.717) is 12.2 Å². The number of carbonyl (C=O) groups is 1. The first-order valence-electron chi connectivity index (χ1n) is 5.88. The van der Waals surface area contributed by atoms with Crippen LogP contribution in [0.4, 0.5) is 10.1 Å². The Balaban J connectivity index is 2.05. The number of hydrogen-bond donors (Lipinski definition) is 2. The minimum absolute atomic E-state index is 0.0460. The summed E-state index contributed by atoms with van der Waals surface area (Å²) in [6.07, 6.45) is 1.86. The van der Waals surface area contributed by atoms with E-state index in [1.165, 1.54) is 12.1 Å². The molecule has 1 amide bonds. The van der Waals surface area contributed by atoms with E-state index >= 15 is 0 Å². The van der Waals surface area contributed by atoms with Crippen LogP contribution in [0.2, 0.25) is 0 Å². The summed E-state index contributed by atoms with van der Waals surface area (Å²) in [5.74, 6) is -0.384. The fraction of sp³-hybridized carbons (Fsp3) is 0.462. The molecule has 1 aliphatic rings. The molecule has 0 aliphatic carbocycles. The minimum atomic E-state index is -0.398. The summed E-state index contributed by atoms with van der Waals surface area (Å²) in [7, 11) is 0. The Kier molecular flexibility index (Phi) is 3.43. The molecule has 1 aromatic rings. The van der Waals surface area contributed by atoms with Crippen molar-refractivity contribution >= 4 is 11.6 Å². The van der Waals surface area contributed by atoms with Gasteiger partial charge in [0.25, 0.3) is 0 Å². The number of anilines is 1. The van der Waals surface area contributed by atoms with Crippen molar-refractivity contribution in [2.75, 3.05) is 18.4 Å². The number of piperidine rings is 1. The van der Waals surface area contributed by atoms with Gasteiger partial charge in [0.05, 0.1) is 5.41 Å². The first kappa shape index (κ1) is 12.0. The maximum atomic E-state index is 13.0. The van der Waals surface area contributed by atoms with Crippen LogP contribution in [0.15, 0.2) is 24.3 Å². The van der Waals surface area contributed by atoms with Crippen LogP contribution in [-0.2, 0) is 4.79 Å². The molecule has 0 saturated carbocycles. The molecule has 0 radical (unpaired) electrons. The molecule has 1 aromatic carbocycles. The second kappa shape index (κ2) is 4.84. The maximum absolute atomic E-state index is 13.0. The summed E-state index contributed by atoms with van der Waals surface area (Å²) < 4.78 is 13.0. The van der Waals surface area contributed by atoms with Gasteiger partial charge >= 0.3 is 0 Å². The van der Waals surface area contributed by atoms with Crippen molar-refractivity contribution in [1.29, 1.82) is 0 Å². The molecule has 1 saturated heterocycles. The highest BCUT2D eigenvalue weighted by Gasteiger charge is 2.34. The predicted molar refractivity (Wildman–Crippen MR) is 65.2 cm³/mol. The first-order valence-corrected chi connectivity index (χ1v) is 5.88. The van der Waals surface area contributed by atoms with Crippen LogP contribution in [0.3, 0.4) is 0 Å². The molecule has 2 N–H and O–H groups in total. The molecule has 17 heavy (non-hydrogen) atoms. The molecule has 0 bridgehead atoms. The van der Waals surface area contributed by atoms with Crippen molar-refractivity contribution in [3.63, 3.8) is 0 Å². The molecular formula is C13H17FN2O. The second-order valence-electron chi connectivity index (χ2n) is 4.81. The fourth-order valence-corrected chi connectivity index (χ4v) is 2.10. The molecule has 3 nitrogen and oxygen atoms in total. The Morgan fingerprint density at radius 2 is 2.35 bits per heavy atom. The lowest BCUT2D eigenvalue weighted by molar-refractivity contribution is -0.125. The van der Waals surface area contributed by atoms with Gasteiger partial charge in [0, 0.05) is 12.2 Å². The zero-order valence-electron chi connectivity index (χ0n) is 9.92. The van der Waals surface area contributed by atoms with Crippen LogP contribution in [-0.4, -0.2) is 19.0 Å². The van der Waals surface area contributed by atoms with E-state index in [-0.39, 0.29) is 11.7 Å². The molecule has 4 heteroatoms. The van der Waals surface area contributed by atoms with Crippen LogP contribution < -0.4 is 10.6 Å². The standard InChI is InChI=1S/C13H17FN2O/c1-13(6-3-7-15-9-13)12(17)16-11-5-2-4-10(14)8-11/h2,4-5,8,15H,3,6-7,9H2,1H3,(H,16,17). The lowest BCUT2D eigenvalue weighted by Gasteiger charge is -2.32. The lowest BCUT2D eigenvalue weighted by Crippen LogP contribution is -2.46. The van der Waals surface area contributed by atoms with Crippen LogP contribution in [0.5, 0.6) is 0 Å². The Hall–Kier alpha value is -1.42. The van der Waals surface area contributed by atoms with E-state index in [0.717, 1.165) is 19.4 Å². The van der Waals surface area contributed by atoms with Gasteiger partial charge in [-0.3, -0.25) is 4.79 Å². The largest absolute Gasteiger partial charge is 0.325 e. The highest BCUT2D eigenvalue weighted by Crippen LogP contribution is 2.27. The number of amides is 1. The second-order valence-corrected chi connectivity index (χ2v) is 4.81. The summed E-state index contributed by atoms with van der Waals surface area (Å²) in [6, 6.07) is 5.98. The molecule has 1 unspecified atom stereocenters. The smallest absolute Gasteiger partial charge is 0.231 e. The zero-order valence-corrected chi connectivity index (χ0v) is 9.92. The van der Waals surface area contributed by atoms with Gasteiger partial charge in [-0.1, -0.05) is 6.07 Å². The van der Waals surface area contributed by atoms with Crippen LogP contribution >= 0.6 is 0 Å². The van der Waals surface area contributed by atoms with Gasteiger partial charge in [-0.2, -0.15) is 0 Å². The molecule has 0 aromatic heterocycles. The Morgan fingerprint density at radius 3 is 3.00 bits per heavy atom. The number of hydrogen-bond acceptors (Lipinski definition) is 2. The summed E-state index contributed by atoms with van der Waals surface area (Å²) in [5, 5.41) is 5.99. The number of rotatable bonds is 2. The molecular weight excluding hydrogens is 219 g/mol. The monoisotopic (exact) mass is 236 g/mol. The van der Waals surface area contributed by atoms with E-state index in [1.54, 1.807) is 12.1 Å². The van der Waals surface area contributed by atoms with Crippen LogP contribution in [0.1, 0.15) is 19.8 Å². The van der Waals surface area contributed by atoms with Crippen LogP contribution in [0.25, 0.3) is 0 Å². The molecule has 0 spiro atoms. The first-order chi connectivity index (χ1) is 8.10. The fourth-order valence-electron chi connectivity index (χ4n) is 2.10. The van der Waals surface area contributed by atoms with Gasteiger partial charge in [-0.05, 0) is 44.5 Å². The van der Waals surface area contributed by atoms with E-state index in [4.69, 9.17) is 0 Å². The summed E-state index contributed by atoms with van der Waals surface area (Å²) in [6.45, 7) is 3.57. The molecule has 2 rings (SSSR count). The summed E-state index contributed by atoms with van der Waals surface area (Å²) in [5.41, 5.74) is 0.117. The van der Waals surface area contributed by atoms with E-state index in [1.807, 2.05) is 6.92 Å². The number of benzene rings is 1. The van der Waals surface area contributed by atoms with Gasteiger partial charge in [-0.15, -0.1) is 0 Å². The van der Waals surface area contributed by atoms with E-state index < -0.39 is 5.41 Å². The van der Waals surface area contributed by atoms with Gasteiger partial charge < -0.3 is 10.6 Å². The molecule has 1 heterocycles. The van der Waals surface area contributed by atoms with Gasteiger partial charge in [0.15, 0.2) is 0 Å². The van der Waals surface area contributed by atoms with Crippen molar-refractivity contribution < 1.29 is 9.18 Å². The van der Waals surface area contributed by atoms with E-state index in [9.17, 15) is 9.18 Å². The Labute approximate surface area is 100 Å². The van der Waals surface area contributed by atoms with Gasteiger partial charge in [0.1, 0.15) is 5.82 Å². The number of halogens is 1. The average molecular weight is 236 g/mol. The van der Waals surface area contributed by atoms with Crippen molar-refractivity contribution in [3.05, 3.63) is 30.1 Å².